The Morgan fingerprint density at radius 2 is 2.33 bits per heavy atom. The number of oxime groups is 1. The minimum absolute atomic E-state index is 0.415. The van der Waals surface area contributed by atoms with Gasteiger partial charge < -0.3 is 5.21 Å². The summed E-state index contributed by atoms with van der Waals surface area (Å²) in [6.45, 7) is 8.45. The number of hydrogen-bond acceptors (Lipinski definition) is 2. The van der Waals surface area contributed by atoms with Crippen LogP contribution in [0.1, 0.15) is 26.7 Å². The van der Waals surface area contributed by atoms with Crippen molar-refractivity contribution in [2.45, 2.75) is 26.7 Å². The molecule has 2 aliphatic rings. The molecule has 0 saturated heterocycles. The van der Waals surface area contributed by atoms with Crippen molar-refractivity contribution >= 4 is 5.71 Å². The summed E-state index contributed by atoms with van der Waals surface area (Å²) in [7, 11) is 0. The van der Waals surface area contributed by atoms with Crippen molar-refractivity contribution in [2.75, 3.05) is 0 Å². The van der Waals surface area contributed by atoms with Crippen molar-refractivity contribution < 1.29 is 5.21 Å². The Morgan fingerprint density at radius 1 is 1.67 bits per heavy atom. The Bertz CT molecular complexity index is 267. The molecule has 1 N–H and O–H groups in total. The summed E-state index contributed by atoms with van der Waals surface area (Å²) in [6.07, 6.45) is 2.19. The molecule has 0 spiro atoms. The zero-order chi connectivity index (χ0) is 8.93. The van der Waals surface area contributed by atoms with E-state index in [1.807, 2.05) is 0 Å². The molecule has 2 heteroatoms. The predicted octanol–water partition coefficient (Wildman–Crippen LogP) is 2.44. The Kier molecular flexibility index (Phi) is 1.39. The van der Waals surface area contributed by atoms with Gasteiger partial charge in [0.05, 0.1) is 5.71 Å². The van der Waals surface area contributed by atoms with Crippen molar-refractivity contribution in [3.63, 3.8) is 0 Å². The van der Waals surface area contributed by atoms with Gasteiger partial charge in [0.2, 0.25) is 0 Å². The summed E-state index contributed by atoms with van der Waals surface area (Å²) < 4.78 is 0. The van der Waals surface area contributed by atoms with Gasteiger partial charge in [-0.1, -0.05) is 25.6 Å². The van der Waals surface area contributed by atoms with E-state index in [4.69, 9.17) is 5.21 Å². The van der Waals surface area contributed by atoms with E-state index in [0.29, 0.717) is 17.3 Å². The molecule has 12 heavy (non-hydrogen) atoms. The number of allylic oxidation sites excluding steroid dienone is 1. The summed E-state index contributed by atoms with van der Waals surface area (Å²) >= 11 is 0. The van der Waals surface area contributed by atoms with E-state index < -0.39 is 0 Å². The van der Waals surface area contributed by atoms with Gasteiger partial charge in [0.1, 0.15) is 0 Å². The molecule has 2 aliphatic carbocycles. The average Bonchev–Trinajstić information content (AvgIpc) is 2.69. The number of rotatable bonds is 1. The molecule has 2 fully saturated rings. The number of hydrogen-bond donors (Lipinski definition) is 1. The quantitative estimate of drug-likeness (QED) is 0.469. The Morgan fingerprint density at radius 3 is 2.67 bits per heavy atom. The standard InChI is InChI=1S/C10H15NO/c1-6(2)10-4-8(10)7(3)9(5-10)11-12/h6,8,12H,3-5H2,1-2H3. The fraction of sp³-hybridized carbons (Fsp3) is 0.700. The van der Waals surface area contributed by atoms with E-state index >= 15 is 0 Å². The van der Waals surface area contributed by atoms with Crippen molar-refractivity contribution in [1.29, 1.82) is 0 Å². The number of nitrogens with zero attached hydrogens (tertiary/aromatic N) is 1. The highest BCUT2D eigenvalue weighted by Gasteiger charge is 2.62. The maximum Gasteiger partial charge on any atom is 0.0830 e. The normalized spacial score (nSPS) is 42.4. The zero-order valence-corrected chi connectivity index (χ0v) is 7.67. The third-order valence-electron chi connectivity index (χ3n) is 3.68. The Hall–Kier alpha value is -0.790. The summed E-state index contributed by atoms with van der Waals surface area (Å²) in [4.78, 5) is 0. The molecule has 0 aliphatic heterocycles. The topological polar surface area (TPSA) is 32.6 Å². The van der Waals surface area contributed by atoms with Crippen LogP contribution < -0.4 is 0 Å². The van der Waals surface area contributed by atoms with Gasteiger partial charge in [0.25, 0.3) is 0 Å². The van der Waals surface area contributed by atoms with Crippen LogP contribution in [0.15, 0.2) is 17.3 Å². The molecule has 0 radical (unpaired) electrons. The first kappa shape index (κ1) is 7.84. The first-order valence-electron chi connectivity index (χ1n) is 4.52. The van der Waals surface area contributed by atoms with Crippen molar-refractivity contribution in [3.05, 3.63) is 12.2 Å². The fourth-order valence-electron chi connectivity index (χ4n) is 2.55. The van der Waals surface area contributed by atoms with Crippen LogP contribution in [-0.4, -0.2) is 10.9 Å². The first-order chi connectivity index (χ1) is 5.62. The van der Waals surface area contributed by atoms with Gasteiger partial charge in [0.15, 0.2) is 0 Å². The average molecular weight is 165 g/mol. The molecular formula is C10H15NO. The van der Waals surface area contributed by atoms with Crippen LogP contribution in [0.2, 0.25) is 0 Å². The van der Waals surface area contributed by atoms with E-state index in [1.54, 1.807) is 0 Å². The van der Waals surface area contributed by atoms with Gasteiger partial charge in [-0.2, -0.15) is 0 Å². The highest BCUT2D eigenvalue weighted by molar-refractivity contribution is 6.04. The summed E-state index contributed by atoms with van der Waals surface area (Å²) in [5.74, 6) is 1.29. The van der Waals surface area contributed by atoms with Crippen LogP contribution in [0.3, 0.4) is 0 Å². The second-order valence-electron chi connectivity index (χ2n) is 4.39. The fourth-order valence-corrected chi connectivity index (χ4v) is 2.55. The molecule has 2 saturated carbocycles. The second kappa shape index (κ2) is 2.12. The maximum atomic E-state index is 8.70. The molecule has 2 rings (SSSR count). The van der Waals surface area contributed by atoms with E-state index in [0.717, 1.165) is 17.7 Å². The van der Waals surface area contributed by atoms with Gasteiger partial charge in [-0.05, 0) is 35.7 Å². The van der Waals surface area contributed by atoms with E-state index in [1.165, 1.54) is 6.42 Å². The summed E-state index contributed by atoms with van der Waals surface area (Å²) in [5.41, 5.74) is 2.32. The largest absolute Gasteiger partial charge is 0.411 e. The van der Waals surface area contributed by atoms with Gasteiger partial charge in [-0.15, -0.1) is 0 Å². The minimum Gasteiger partial charge on any atom is -0.411 e. The molecule has 2 unspecified atom stereocenters. The minimum atomic E-state index is 0.415. The van der Waals surface area contributed by atoms with Gasteiger partial charge in [-0.3, -0.25) is 0 Å². The SMILES string of the molecule is C=C1C(=NO)CC2(C(C)C)CC12. The van der Waals surface area contributed by atoms with E-state index in [9.17, 15) is 0 Å². The van der Waals surface area contributed by atoms with Gasteiger partial charge in [-0.25, -0.2) is 0 Å². The molecular weight excluding hydrogens is 150 g/mol. The van der Waals surface area contributed by atoms with Crippen molar-refractivity contribution in [2.24, 2.45) is 22.4 Å². The van der Waals surface area contributed by atoms with E-state index in [-0.39, 0.29) is 0 Å². The highest BCUT2D eigenvalue weighted by Crippen LogP contribution is 2.68. The van der Waals surface area contributed by atoms with Crippen LogP contribution in [0, 0.1) is 17.3 Å². The molecule has 0 heterocycles. The molecule has 2 nitrogen and oxygen atoms in total. The smallest absolute Gasteiger partial charge is 0.0830 e. The lowest BCUT2D eigenvalue weighted by Crippen LogP contribution is -2.10. The lowest BCUT2D eigenvalue weighted by Gasteiger charge is -2.14. The van der Waals surface area contributed by atoms with Crippen LogP contribution in [-0.2, 0) is 0 Å². The van der Waals surface area contributed by atoms with Crippen molar-refractivity contribution in [1.82, 2.24) is 0 Å². The van der Waals surface area contributed by atoms with E-state index in [2.05, 4.69) is 25.6 Å². The van der Waals surface area contributed by atoms with Crippen LogP contribution in [0.25, 0.3) is 0 Å². The molecule has 0 bridgehead atoms. The van der Waals surface area contributed by atoms with Crippen LogP contribution in [0.4, 0.5) is 0 Å². The molecule has 0 aromatic carbocycles. The summed E-state index contributed by atoms with van der Waals surface area (Å²) in [5, 5.41) is 12.0. The molecule has 0 aromatic heterocycles. The zero-order valence-electron chi connectivity index (χ0n) is 7.67. The Labute approximate surface area is 73.0 Å². The highest BCUT2D eigenvalue weighted by atomic mass is 16.4. The molecule has 0 amide bonds. The lowest BCUT2D eigenvalue weighted by atomic mass is 9.90. The monoisotopic (exact) mass is 165 g/mol. The van der Waals surface area contributed by atoms with Crippen LogP contribution in [0.5, 0.6) is 0 Å². The predicted molar refractivity (Wildman–Crippen MR) is 48.4 cm³/mol. The van der Waals surface area contributed by atoms with Crippen molar-refractivity contribution in [3.8, 4) is 0 Å². The van der Waals surface area contributed by atoms with Crippen LogP contribution >= 0.6 is 0 Å². The lowest BCUT2D eigenvalue weighted by molar-refractivity contribution is 0.313. The molecule has 0 aromatic rings. The Balaban J connectivity index is 2.26. The van der Waals surface area contributed by atoms with Gasteiger partial charge in [0, 0.05) is 0 Å². The maximum absolute atomic E-state index is 8.70. The third-order valence-corrected chi connectivity index (χ3v) is 3.68. The molecule has 2 atom stereocenters. The first-order valence-corrected chi connectivity index (χ1v) is 4.52. The number of fused-ring (bicyclic) bond motifs is 1. The third kappa shape index (κ3) is 0.728. The molecule has 66 valence electrons. The second-order valence-corrected chi connectivity index (χ2v) is 4.39. The summed E-state index contributed by atoms with van der Waals surface area (Å²) in [6, 6.07) is 0. The van der Waals surface area contributed by atoms with Gasteiger partial charge >= 0.3 is 0 Å².